The van der Waals surface area contributed by atoms with E-state index in [4.69, 9.17) is 19.3 Å². The van der Waals surface area contributed by atoms with Crippen molar-refractivity contribution in [2.24, 2.45) is 0 Å². The number of rotatable bonds is 11. The smallest absolute Gasteiger partial charge is 0.134 e. The number of hydrogen-bond donors (Lipinski definition) is 1. The summed E-state index contributed by atoms with van der Waals surface area (Å²) in [4.78, 5) is 10.8. The van der Waals surface area contributed by atoms with E-state index in [1.54, 1.807) is 0 Å². The van der Waals surface area contributed by atoms with E-state index in [0.29, 0.717) is 51.5 Å². The standard InChI is InChI=1S/C9H18O4.C9H18O/c1-2-9(11)3-5-12-7-8-13-6-4-10;1-8(2)10-9-6-4-3-5-7-9/h10H,2-8H2,1H3;8-9H,3-7H2,1-2H3. The quantitative estimate of drug-likeness (QED) is 0.589. The fourth-order valence-corrected chi connectivity index (χ4v) is 2.34. The van der Waals surface area contributed by atoms with Gasteiger partial charge in [0.2, 0.25) is 0 Å². The lowest BCUT2D eigenvalue weighted by Gasteiger charge is -2.23. The minimum absolute atomic E-state index is 0.0360. The van der Waals surface area contributed by atoms with Crippen LogP contribution >= 0.6 is 0 Å². The van der Waals surface area contributed by atoms with Gasteiger partial charge in [0.25, 0.3) is 0 Å². The lowest BCUT2D eigenvalue weighted by atomic mass is 9.98. The summed E-state index contributed by atoms with van der Waals surface area (Å²) in [5, 5.41) is 8.36. The number of Topliss-reactive ketones (excluding diaryl/α,β-unsaturated/α-hetero) is 1. The molecule has 1 aliphatic carbocycles. The largest absolute Gasteiger partial charge is 0.394 e. The molecule has 0 unspecified atom stereocenters. The van der Waals surface area contributed by atoms with Gasteiger partial charge in [-0.2, -0.15) is 0 Å². The van der Waals surface area contributed by atoms with Gasteiger partial charge in [-0.1, -0.05) is 26.2 Å². The molecule has 0 aromatic rings. The lowest BCUT2D eigenvalue weighted by Crippen LogP contribution is -2.20. The van der Waals surface area contributed by atoms with E-state index in [9.17, 15) is 4.79 Å². The molecule has 0 aliphatic heterocycles. The molecule has 1 saturated carbocycles. The molecule has 5 heteroatoms. The number of carbonyl (C=O) groups excluding carboxylic acids is 1. The van der Waals surface area contributed by atoms with Crippen molar-refractivity contribution in [1.29, 1.82) is 0 Å². The Morgan fingerprint density at radius 2 is 1.65 bits per heavy atom. The highest BCUT2D eigenvalue weighted by atomic mass is 16.5. The Kier molecular flexibility index (Phi) is 16.0. The van der Waals surface area contributed by atoms with Crippen LogP contribution < -0.4 is 0 Å². The predicted molar refractivity (Wildman–Crippen MR) is 91.7 cm³/mol. The maximum atomic E-state index is 10.8. The van der Waals surface area contributed by atoms with Crippen molar-refractivity contribution >= 4 is 5.78 Å². The minimum atomic E-state index is 0.0360. The van der Waals surface area contributed by atoms with E-state index in [1.807, 2.05) is 6.92 Å². The van der Waals surface area contributed by atoms with Crippen molar-refractivity contribution in [1.82, 2.24) is 0 Å². The Balaban J connectivity index is 0.000000433. The van der Waals surface area contributed by atoms with E-state index in [-0.39, 0.29) is 12.4 Å². The van der Waals surface area contributed by atoms with Gasteiger partial charge in [0.15, 0.2) is 0 Å². The number of ketones is 1. The number of aliphatic hydroxyl groups excluding tert-OH is 1. The fraction of sp³-hybridized carbons (Fsp3) is 0.944. The Morgan fingerprint density at radius 1 is 1.04 bits per heavy atom. The molecule has 0 bridgehead atoms. The van der Waals surface area contributed by atoms with Crippen molar-refractivity contribution in [3.8, 4) is 0 Å². The van der Waals surface area contributed by atoms with Crippen molar-refractivity contribution in [3.05, 3.63) is 0 Å². The van der Waals surface area contributed by atoms with Gasteiger partial charge in [-0.05, 0) is 26.7 Å². The number of aliphatic hydroxyl groups is 1. The summed E-state index contributed by atoms with van der Waals surface area (Å²) in [5.74, 6) is 0.219. The zero-order chi connectivity index (χ0) is 17.3. The molecule has 0 aromatic carbocycles. The number of ether oxygens (including phenoxy) is 3. The topological polar surface area (TPSA) is 65.0 Å². The average Bonchev–Trinajstić information content (AvgIpc) is 2.54. The summed E-state index contributed by atoms with van der Waals surface area (Å²) in [6.45, 7) is 7.88. The summed E-state index contributed by atoms with van der Waals surface area (Å²) < 4.78 is 15.8. The van der Waals surface area contributed by atoms with Gasteiger partial charge in [-0.15, -0.1) is 0 Å². The third kappa shape index (κ3) is 16.2. The van der Waals surface area contributed by atoms with Gasteiger partial charge in [0, 0.05) is 12.8 Å². The van der Waals surface area contributed by atoms with Crippen LogP contribution in [0.3, 0.4) is 0 Å². The Labute approximate surface area is 141 Å². The summed E-state index contributed by atoms with van der Waals surface area (Å²) in [5.41, 5.74) is 0. The highest BCUT2D eigenvalue weighted by molar-refractivity contribution is 5.78. The molecule has 0 saturated heterocycles. The maximum Gasteiger partial charge on any atom is 0.134 e. The van der Waals surface area contributed by atoms with E-state index in [0.717, 1.165) is 0 Å². The molecule has 0 radical (unpaired) electrons. The Morgan fingerprint density at radius 3 is 2.17 bits per heavy atom. The molecule has 0 amide bonds. The first kappa shape index (κ1) is 22.5. The monoisotopic (exact) mass is 332 g/mol. The maximum absolute atomic E-state index is 10.8. The van der Waals surface area contributed by atoms with Crippen LogP contribution in [0.15, 0.2) is 0 Å². The molecule has 0 atom stereocenters. The third-order valence-corrected chi connectivity index (χ3v) is 3.54. The van der Waals surface area contributed by atoms with E-state index in [1.165, 1.54) is 32.1 Å². The SMILES string of the molecule is CC(C)OC1CCCCC1.CCC(=O)CCOCCOCCO. The van der Waals surface area contributed by atoms with Crippen LogP contribution in [-0.2, 0) is 19.0 Å². The van der Waals surface area contributed by atoms with Crippen LogP contribution in [0.2, 0.25) is 0 Å². The molecular formula is C18H36O5. The highest BCUT2D eigenvalue weighted by Gasteiger charge is 2.14. The van der Waals surface area contributed by atoms with E-state index < -0.39 is 0 Å². The first-order valence-corrected chi connectivity index (χ1v) is 9.03. The van der Waals surface area contributed by atoms with Crippen LogP contribution in [0.1, 0.15) is 65.7 Å². The van der Waals surface area contributed by atoms with Crippen LogP contribution in [0.25, 0.3) is 0 Å². The first-order valence-electron chi connectivity index (χ1n) is 9.03. The number of hydrogen-bond acceptors (Lipinski definition) is 5. The van der Waals surface area contributed by atoms with Gasteiger partial charge < -0.3 is 19.3 Å². The fourth-order valence-electron chi connectivity index (χ4n) is 2.34. The van der Waals surface area contributed by atoms with Crippen LogP contribution in [0.5, 0.6) is 0 Å². The van der Waals surface area contributed by atoms with Gasteiger partial charge in [0.1, 0.15) is 5.78 Å². The van der Waals surface area contributed by atoms with Crippen LogP contribution in [0.4, 0.5) is 0 Å². The summed E-state index contributed by atoms with van der Waals surface area (Å²) in [6.07, 6.45) is 8.79. The van der Waals surface area contributed by atoms with Crippen molar-refractivity contribution in [2.75, 3.05) is 33.0 Å². The van der Waals surface area contributed by atoms with Gasteiger partial charge >= 0.3 is 0 Å². The lowest BCUT2D eigenvalue weighted by molar-refractivity contribution is -0.119. The van der Waals surface area contributed by atoms with Crippen molar-refractivity contribution < 1.29 is 24.1 Å². The highest BCUT2D eigenvalue weighted by Crippen LogP contribution is 2.21. The Bertz CT molecular complexity index is 262. The van der Waals surface area contributed by atoms with Gasteiger partial charge in [0.05, 0.1) is 45.2 Å². The second-order valence-electron chi connectivity index (χ2n) is 6.04. The average molecular weight is 332 g/mol. The molecule has 138 valence electrons. The van der Waals surface area contributed by atoms with Crippen LogP contribution in [0, 0.1) is 0 Å². The molecule has 1 fully saturated rings. The van der Waals surface area contributed by atoms with Gasteiger partial charge in [-0.25, -0.2) is 0 Å². The molecular weight excluding hydrogens is 296 g/mol. The molecule has 1 aliphatic rings. The molecule has 0 aromatic heterocycles. The predicted octanol–water partition coefficient (Wildman–Crippen LogP) is 3.13. The Hall–Kier alpha value is -0.490. The van der Waals surface area contributed by atoms with Crippen molar-refractivity contribution in [2.45, 2.75) is 77.9 Å². The van der Waals surface area contributed by atoms with Crippen molar-refractivity contribution in [3.63, 3.8) is 0 Å². The third-order valence-electron chi connectivity index (χ3n) is 3.54. The molecule has 0 spiro atoms. The first-order chi connectivity index (χ1) is 11.1. The zero-order valence-corrected chi connectivity index (χ0v) is 15.2. The van der Waals surface area contributed by atoms with E-state index >= 15 is 0 Å². The van der Waals surface area contributed by atoms with E-state index in [2.05, 4.69) is 13.8 Å². The number of carbonyl (C=O) groups is 1. The molecule has 0 heterocycles. The molecule has 1 N–H and O–H groups in total. The summed E-state index contributed by atoms with van der Waals surface area (Å²) >= 11 is 0. The molecule has 5 nitrogen and oxygen atoms in total. The zero-order valence-electron chi connectivity index (χ0n) is 15.2. The molecule has 1 rings (SSSR count). The second kappa shape index (κ2) is 16.4. The summed E-state index contributed by atoms with van der Waals surface area (Å²) in [6, 6.07) is 0. The van der Waals surface area contributed by atoms with Crippen LogP contribution in [-0.4, -0.2) is 56.1 Å². The second-order valence-corrected chi connectivity index (χ2v) is 6.04. The summed E-state index contributed by atoms with van der Waals surface area (Å²) in [7, 11) is 0. The minimum Gasteiger partial charge on any atom is -0.394 e. The molecule has 23 heavy (non-hydrogen) atoms. The van der Waals surface area contributed by atoms with Gasteiger partial charge in [-0.3, -0.25) is 4.79 Å². The normalized spacial score (nSPS) is 15.3.